The van der Waals surface area contributed by atoms with Crippen molar-refractivity contribution in [3.05, 3.63) is 47.9 Å². The second kappa shape index (κ2) is 5.92. The molecule has 0 radical (unpaired) electrons. The number of furan rings is 1. The molecule has 1 saturated carbocycles. The van der Waals surface area contributed by atoms with Gasteiger partial charge in [0.25, 0.3) is 0 Å². The van der Waals surface area contributed by atoms with Gasteiger partial charge >= 0.3 is 0 Å². The van der Waals surface area contributed by atoms with Crippen LogP contribution < -0.4 is 10.2 Å². The molecule has 1 aromatic carbocycles. The Labute approximate surface area is 138 Å². The van der Waals surface area contributed by atoms with E-state index in [1.807, 2.05) is 6.07 Å². The molecule has 1 saturated heterocycles. The Hall–Kier alpha value is -2.37. The zero-order valence-electron chi connectivity index (χ0n) is 13.1. The Bertz CT molecular complexity index is 731. The number of benzene rings is 1. The lowest BCUT2D eigenvalue weighted by Crippen LogP contribution is -2.21. The molecular weight excluding hydrogens is 314 g/mol. The summed E-state index contributed by atoms with van der Waals surface area (Å²) in [5.41, 5.74) is 0.161. The molecule has 1 aliphatic heterocycles. The van der Waals surface area contributed by atoms with Gasteiger partial charge in [-0.3, -0.25) is 4.79 Å². The van der Waals surface area contributed by atoms with Crippen LogP contribution in [0.3, 0.4) is 0 Å². The summed E-state index contributed by atoms with van der Waals surface area (Å²) in [5, 5.41) is 2.62. The summed E-state index contributed by atoms with van der Waals surface area (Å²) in [7, 11) is 0. The molecule has 4 nitrogen and oxygen atoms in total. The van der Waals surface area contributed by atoms with Gasteiger partial charge in [-0.15, -0.1) is 0 Å². The van der Waals surface area contributed by atoms with Crippen LogP contribution in [0.2, 0.25) is 0 Å². The van der Waals surface area contributed by atoms with Crippen molar-refractivity contribution in [3.8, 4) is 0 Å². The van der Waals surface area contributed by atoms with E-state index in [0.29, 0.717) is 19.5 Å². The SMILES string of the molecule is O=C(Nc1cc(F)c(N2CCCC2)c(F)c1)[C@@H]1C[C@H]1c1ccco1. The maximum absolute atomic E-state index is 14.3. The Kier molecular flexibility index (Phi) is 3.75. The molecule has 2 aromatic rings. The number of carbonyl (C=O) groups is 1. The average molecular weight is 332 g/mol. The van der Waals surface area contributed by atoms with Crippen molar-refractivity contribution in [3.63, 3.8) is 0 Å². The number of nitrogens with zero attached hydrogens (tertiary/aromatic N) is 1. The predicted molar refractivity (Wildman–Crippen MR) is 86.0 cm³/mol. The van der Waals surface area contributed by atoms with Crippen LogP contribution in [0.15, 0.2) is 34.9 Å². The highest BCUT2D eigenvalue weighted by molar-refractivity contribution is 5.95. The third-order valence-electron chi connectivity index (χ3n) is 4.74. The molecule has 1 aromatic heterocycles. The van der Waals surface area contributed by atoms with E-state index in [9.17, 15) is 13.6 Å². The number of amides is 1. The van der Waals surface area contributed by atoms with Gasteiger partial charge in [0.1, 0.15) is 11.4 Å². The minimum atomic E-state index is -0.634. The summed E-state index contributed by atoms with van der Waals surface area (Å²) in [6, 6.07) is 6.00. The van der Waals surface area contributed by atoms with Crippen molar-refractivity contribution in [2.45, 2.75) is 25.2 Å². The zero-order valence-corrected chi connectivity index (χ0v) is 13.1. The number of carbonyl (C=O) groups excluding carboxylic acids is 1. The molecule has 24 heavy (non-hydrogen) atoms. The molecule has 0 unspecified atom stereocenters. The van der Waals surface area contributed by atoms with Crippen molar-refractivity contribution >= 4 is 17.3 Å². The molecule has 1 amide bonds. The van der Waals surface area contributed by atoms with Crippen LogP contribution in [-0.2, 0) is 4.79 Å². The molecule has 2 aliphatic rings. The van der Waals surface area contributed by atoms with Crippen LogP contribution in [0.5, 0.6) is 0 Å². The summed E-state index contributed by atoms with van der Waals surface area (Å²) in [6.45, 7) is 1.32. The van der Waals surface area contributed by atoms with Crippen molar-refractivity contribution < 1.29 is 18.0 Å². The van der Waals surface area contributed by atoms with E-state index in [1.54, 1.807) is 17.2 Å². The molecule has 1 N–H and O–H groups in total. The lowest BCUT2D eigenvalue weighted by Gasteiger charge is -2.19. The predicted octanol–water partition coefficient (Wildman–Crippen LogP) is 3.90. The quantitative estimate of drug-likeness (QED) is 0.923. The smallest absolute Gasteiger partial charge is 0.228 e. The van der Waals surface area contributed by atoms with Crippen LogP contribution in [0, 0.1) is 17.6 Å². The molecule has 0 bridgehead atoms. The lowest BCUT2D eigenvalue weighted by atomic mass is 10.2. The molecule has 4 rings (SSSR count). The minimum Gasteiger partial charge on any atom is -0.469 e. The molecule has 1 aliphatic carbocycles. The Morgan fingerprint density at radius 3 is 2.54 bits per heavy atom. The second-order valence-electron chi connectivity index (χ2n) is 6.44. The highest BCUT2D eigenvalue weighted by atomic mass is 19.1. The van der Waals surface area contributed by atoms with E-state index >= 15 is 0 Å². The largest absolute Gasteiger partial charge is 0.469 e. The summed E-state index contributed by atoms with van der Waals surface area (Å²) in [4.78, 5) is 13.9. The first-order valence-electron chi connectivity index (χ1n) is 8.22. The van der Waals surface area contributed by atoms with Crippen molar-refractivity contribution in [2.75, 3.05) is 23.3 Å². The van der Waals surface area contributed by atoms with E-state index in [1.165, 1.54) is 12.1 Å². The van der Waals surface area contributed by atoms with Crippen LogP contribution >= 0.6 is 0 Å². The van der Waals surface area contributed by atoms with Crippen LogP contribution in [0.25, 0.3) is 0 Å². The van der Waals surface area contributed by atoms with Crippen molar-refractivity contribution in [1.82, 2.24) is 0 Å². The van der Waals surface area contributed by atoms with Gasteiger partial charge in [0.15, 0.2) is 11.6 Å². The Morgan fingerprint density at radius 2 is 1.92 bits per heavy atom. The number of hydrogen-bond donors (Lipinski definition) is 1. The summed E-state index contributed by atoms with van der Waals surface area (Å²) < 4.78 is 33.9. The molecule has 2 heterocycles. The first kappa shape index (κ1) is 15.2. The summed E-state index contributed by atoms with van der Waals surface area (Å²) >= 11 is 0. The van der Waals surface area contributed by atoms with Crippen LogP contribution in [0.4, 0.5) is 20.2 Å². The maximum atomic E-state index is 14.3. The number of halogens is 2. The number of hydrogen-bond acceptors (Lipinski definition) is 3. The Balaban J connectivity index is 1.46. The molecule has 126 valence electrons. The highest BCUT2D eigenvalue weighted by Gasteiger charge is 2.45. The fourth-order valence-electron chi connectivity index (χ4n) is 3.42. The maximum Gasteiger partial charge on any atom is 0.228 e. The first-order valence-corrected chi connectivity index (χ1v) is 8.22. The molecule has 6 heteroatoms. The van der Waals surface area contributed by atoms with E-state index in [2.05, 4.69) is 5.32 Å². The fraction of sp³-hybridized carbons (Fsp3) is 0.389. The van der Waals surface area contributed by atoms with Gasteiger partial charge in [-0.05, 0) is 43.5 Å². The Morgan fingerprint density at radius 1 is 1.21 bits per heavy atom. The van der Waals surface area contributed by atoms with Crippen molar-refractivity contribution in [1.29, 1.82) is 0 Å². The van der Waals surface area contributed by atoms with Gasteiger partial charge in [0.2, 0.25) is 5.91 Å². The van der Waals surface area contributed by atoms with E-state index < -0.39 is 11.6 Å². The lowest BCUT2D eigenvalue weighted by molar-refractivity contribution is -0.117. The average Bonchev–Trinajstić information content (AvgIpc) is 2.95. The zero-order chi connectivity index (χ0) is 16.7. The standard InChI is InChI=1S/C18H18F2N2O2/c19-14-8-11(9-15(20)17(14)22-5-1-2-6-22)21-18(23)13-10-12(13)16-4-3-7-24-16/h3-4,7-9,12-13H,1-2,5-6,10H2,(H,21,23)/t12-,13-/m1/s1. The molecule has 2 atom stereocenters. The number of anilines is 2. The normalized spacial score (nSPS) is 22.7. The van der Waals surface area contributed by atoms with Crippen LogP contribution in [0.1, 0.15) is 30.9 Å². The van der Waals surface area contributed by atoms with Gasteiger partial charge in [0, 0.05) is 30.6 Å². The van der Waals surface area contributed by atoms with Gasteiger partial charge in [-0.1, -0.05) is 0 Å². The van der Waals surface area contributed by atoms with Gasteiger partial charge in [0.05, 0.1) is 6.26 Å². The fourth-order valence-corrected chi connectivity index (χ4v) is 3.42. The van der Waals surface area contributed by atoms with Gasteiger partial charge < -0.3 is 14.6 Å². The van der Waals surface area contributed by atoms with Gasteiger partial charge in [-0.2, -0.15) is 0 Å². The van der Waals surface area contributed by atoms with Crippen LogP contribution in [-0.4, -0.2) is 19.0 Å². The summed E-state index contributed by atoms with van der Waals surface area (Å²) in [6.07, 6.45) is 4.14. The van der Waals surface area contributed by atoms with Crippen molar-refractivity contribution in [2.24, 2.45) is 5.92 Å². The molecular formula is C18H18F2N2O2. The molecule has 0 spiro atoms. The third-order valence-corrected chi connectivity index (χ3v) is 4.74. The van der Waals surface area contributed by atoms with E-state index in [4.69, 9.17) is 4.42 Å². The van der Waals surface area contributed by atoms with E-state index in [0.717, 1.165) is 18.6 Å². The number of nitrogens with one attached hydrogen (secondary N) is 1. The highest BCUT2D eigenvalue weighted by Crippen LogP contribution is 2.48. The topological polar surface area (TPSA) is 45.5 Å². The third kappa shape index (κ3) is 2.77. The first-order chi connectivity index (χ1) is 11.6. The molecule has 2 fully saturated rings. The number of rotatable bonds is 4. The minimum absolute atomic E-state index is 0.00498. The monoisotopic (exact) mass is 332 g/mol. The van der Waals surface area contributed by atoms with E-state index in [-0.39, 0.29) is 29.1 Å². The second-order valence-corrected chi connectivity index (χ2v) is 6.44. The van der Waals surface area contributed by atoms with Gasteiger partial charge in [-0.25, -0.2) is 8.78 Å². The summed E-state index contributed by atoms with van der Waals surface area (Å²) in [5.74, 6) is -0.878.